The SMILES string of the molecule is CC(C)C1C(=O)N(C(C)(C)C(=O)O)C(=O)N1Cc1ccccc1. The number of carbonyl (C=O) groups excluding carboxylic acids is 2. The van der Waals surface area contributed by atoms with Gasteiger partial charge in [0.25, 0.3) is 5.91 Å². The quantitative estimate of drug-likeness (QED) is 0.845. The second kappa shape index (κ2) is 6.02. The van der Waals surface area contributed by atoms with Crippen LogP contribution in [0.1, 0.15) is 33.3 Å². The zero-order valence-corrected chi connectivity index (χ0v) is 13.8. The van der Waals surface area contributed by atoms with Gasteiger partial charge in [-0.25, -0.2) is 14.5 Å². The summed E-state index contributed by atoms with van der Waals surface area (Å²) in [6.45, 7) is 6.72. The van der Waals surface area contributed by atoms with Gasteiger partial charge in [0.1, 0.15) is 11.6 Å². The van der Waals surface area contributed by atoms with Crippen molar-refractivity contribution in [2.75, 3.05) is 0 Å². The summed E-state index contributed by atoms with van der Waals surface area (Å²) in [6.07, 6.45) is 0. The van der Waals surface area contributed by atoms with Crippen molar-refractivity contribution in [2.24, 2.45) is 5.92 Å². The Labute approximate surface area is 135 Å². The van der Waals surface area contributed by atoms with Gasteiger partial charge in [-0.1, -0.05) is 44.2 Å². The van der Waals surface area contributed by atoms with Crippen molar-refractivity contribution in [2.45, 2.75) is 45.8 Å². The van der Waals surface area contributed by atoms with Crippen LogP contribution in [0, 0.1) is 5.92 Å². The van der Waals surface area contributed by atoms with Crippen LogP contribution in [0.5, 0.6) is 0 Å². The van der Waals surface area contributed by atoms with Gasteiger partial charge in [-0.3, -0.25) is 4.79 Å². The molecule has 1 aromatic carbocycles. The molecule has 0 aromatic heterocycles. The van der Waals surface area contributed by atoms with Gasteiger partial charge in [0, 0.05) is 6.54 Å². The lowest BCUT2D eigenvalue weighted by Gasteiger charge is -2.29. The minimum absolute atomic E-state index is 0.107. The van der Waals surface area contributed by atoms with E-state index in [1.54, 1.807) is 0 Å². The van der Waals surface area contributed by atoms with E-state index in [-0.39, 0.29) is 12.5 Å². The molecule has 0 spiro atoms. The first-order valence-electron chi connectivity index (χ1n) is 7.60. The number of hydrogen-bond donors (Lipinski definition) is 1. The van der Waals surface area contributed by atoms with Gasteiger partial charge in [-0.2, -0.15) is 0 Å². The predicted molar refractivity (Wildman–Crippen MR) is 84.6 cm³/mol. The molecule has 23 heavy (non-hydrogen) atoms. The Kier molecular flexibility index (Phi) is 4.45. The largest absolute Gasteiger partial charge is 0.480 e. The van der Waals surface area contributed by atoms with E-state index >= 15 is 0 Å². The van der Waals surface area contributed by atoms with E-state index in [0.717, 1.165) is 10.5 Å². The fraction of sp³-hybridized carbons (Fsp3) is 0.471. The zero-order valence-electron chi connectivity index (χ0n) is 13.8. The lowest BCUT2D eigenvalue weighted by molar-refractivity contribution is -0.152. The minimum atomic E-state index is -1.58. The molecule has 1 heterocycles. The van der Waals surface area contributed by atoms with Crippen LogP contribution in [-0.2, 0) is 16.1 Å². The summed E-state index contributed by atoms with van der Waals surface area (Å²) in [5, 5.41) is 9.37. The first-order valence-corrected chi connectivity index (χ1v) is 7.60. The van der Waals surface area contributed by atoms with E-state index < -0.39 is 29.5 Å². The summed E-state index contributed by atoms with van der Waals surface area (Å²) < 4.78 is 0. The Bertz CT molecular complexity index is 625. The molecule has 1 N–H and O–H groups in total. The topological polar surface area (TPSA) is 77.9 Å². The third-order valence-electron chi connectivity index (χ3n) is 4.16. The maximum absolute atomic E-state index is 12.8. The predicted octanol–water partition coefficient (Wildman–Crippen LogP) is 2.34. The number of benzene rings is 1. The van der Waals surface area contributed by atoms with Crippen molar-refractivity contribution in [1.29, 1.82) is 0 Å². The molecule has 1 aromatic rings. The Hall–Kier alpha value is -2.37. The van der Waals surface area contributed by atoms with Crippen molar-refractivity contribution in [3.05, 3.63) is 35.9 Å². The van der Waals surface area contributed by atoms with E-state index in [4.69, 9.17) is 0 Å². The molecule has 6 nitrogen and oxygen atoms in total. The average Bonchev–Trinajstić information content (AvgIpc) is 2.71. The summed E-state index contributed by atoms with van der Waals surface area (Å²) in [6, 6.07) is 8.15. The molecule has 124 valence electrons. The standard InChI is InChI=1S/C17H22N2O4/c1-11(2)13-14(20)19(17(3,4)15(21)22)16(23)18(13)10-12-8-6-5-7-9-12/h5-9,11,13H,10H2,1-4H3,(H,21,22). The highest BCUT2D eigenvalue weighted by Gasteiger charge is 2.54. The Balaban J connectivity index is 2.39. The molecule has 1 saturated heterocycles. The number of aliphatic carboxylic acids is 1. The minimum Gasteiger partial charge on any atom is -0.480 e. The van der Waals surface area contributed by atoms with Crippen molar-refractivity contribution < 1.29 is 19.5 Å². The van der Waals surface area contributed by atoms with Gasteiger partial charge < -0.3 is 10.0 Å². The van der Waals surface area contributed by atoms with Crippen LogP contribution in [-0.4, -0.2) is 44.4 Å². The summed E-state index contributed by atoms with van der Waals surface area (Å²) in [7, 11) is 0. The Morgan fingerprint density at radius 1 is 1.22 bits per heavy atom. The maximum Gasteiger partial charge on any atom is 0.329 e. The maximum atomic E-state index is 12.8. The van der Waals surface area contributed by atoms with Crippen LogP contribution in [0.4, 0.5) is 4.79 Å². The van der Waals surface area contributed by atoms with Crippen molar-refractivity contribution in [3.63, 3.8) is 0 Å². The molecular weight excluding hydrogens is 296 g/mol. The summed E-state index contributed by atoms with van der Waals surface area (Å²) in [5.74, 6) is -1.76. The highest BCUT2D eigenvalue weighted by Crippen LogP contribution is 2.31. The molecule has 6 heteroatoms. The van der Waals surface area contributed by atoms with E-state index in [2.05, 4.69) is 0 Å². The van der Waals surface area contributed by atoms with Crippen molar-refractivity contribution >= 4 is 17.9 Å². The number of rotatable bonds is 5. The van der Waals surface area contributed by atoms with E-state index in [1.807, 2.05) is 44.2 Å². The third-order valence-corrected chi connectivity index (χ3v) is 4.16. The number of carboxylic acids is 1. The first kappa shape index (κ1) is 17.0. The normalized spacial score (nSPS) is 18.9. The lowest BCUT2D eigenvalue weighted by atomic mass is 9.99. The first-order chi connectivity index (χ1) is 10.7. The van der Waals surface area contributed by atoms with Gasteiger partial charge in [0.15, 0.2) is 0 Å². The molecule has 3 amide bonds. The second-order valence-corrected chi connectivity index (χ2v) is 6.62. The van der Waals surface area contributed by atoms with Crippen LogP contribution in [0.2, 0.25) is 0 Å². The number of nitrogens with zero attached hydrogens (tertiary/aromatic N) is 2. The molecule has 0 saturated carbocycles. The number of imide groups is 1. The molecular formula is C17H22N2O4. The van der Waals surface area contributed by atoms with Crippen LogP contribution in [0.15, 0.2) is 30.3 Å². The number of hydrogen-bond acceptors (Lipinski definition) is 3. The molecule has 0 aliphatic carbocycles. The van der Waals surface area contributed by atoms with Gasteiger partial charge in [0.2, 0.25) is 0 Å². The fourth-order valence-corrected chi connectivity index (χ4v) is 2.81. The third kappa shape index (κ3) is 2.93. The van der Waals surface area contributed by atoms with Crippen molar-refractivity contribution in [1.82, 2.24) is 9.80 Å². The molecule has 1 unspecified atom stereocenters. The van der Waals surface area contributed by atoms with E-state index in [0.29, 0.717) is 0 Å². The van der Waals surface area contributed by atoms with Crippen LogP contribution in [0.3, 0.4) is 0 Å². The number of amides is 3. The van der Waals surface area contributed by atoms with Gasteiger partial charge in [-0.05, 0) is 25.3 Å². The summed E-state index contributed by atoms with van der Waals surface area (Å²) >= 11 is 0. The highest BCUT2D eigenvalue weighted by molar-refractivity contribution is 6.08. The molecule has 1 fully saturated rings. The molecule has 0 bridgehead atoms. The molecule has 1 aliphatic rings. The lowest BCUT2D eigenvalue weighted by Crippen LogP contribution is -2.53. The van der Waals surface area contributed by atoms with E-state index in [9.17, 15) is 19.5 Å². The number of carbonyl (C=O) groups is 3. The van der Waals surface area contributed by atoms with Crippen LogP contribution in [0.25, 0.3) is 0 Å². The smallest absolute Gasteiger partial charge is 0.329 e. The summed E-state index contributed by atoms with van der Waals surface area (Å²) in [4.78, 5) is 39.3. The molecule has 2 rings (SSSR count). The molecule has 1 atom stereocenters. The Morgan fingerprint density at radius 2 is 1.78 bits per heavy atom. The summed E-state index contributed by atoms with van der Waals surface area (Å²) in [5.41, 5.74) is -0.679. The van der Waals surface area contributed by atoms with Crippen LogP contribution < -0.4 is 0 Å². The second-order valence-electron chi connectivity index (χ2n) is 6.62. The monoisotopic (exact) mass is 318 g/mol. The fourth-order valence-electron chi connectivity index (χ4n) is 2.81. The van der Waals surface area contributed by atoms with Crippen LogP contribution >= 0.6 is 0 Å². The van der Waals surface area contributed by atoms with Gasteiger partial charge in [-0.15, -0.1) is 0 Å². The average molecular weight is 318 g/mol. The highest BCUT2D eigenvalue weighted by atomic mass is 16.4. The van der Waals surface area contributed by atoms with Crippen molar-refractivity contribution in [3.8, 4) is 0 Å². The van der Waals surface area contributed by atoms with Gasteiger partial charge in [0.05, 0.1) is 0 Å². The number of carboxylic acid groups (broad SMARTS) is 1. The molecule has 0 radical (unpaired) electrons. The molecule has 1 aliphatic heterocycles. The zero-order chi connectivity index (χ0) is 17.4. The number of urea groups is 1. The van der Waals surface area contributed by atoms with E-state index in [1.165, 1.54) is 18.7 Å². The Morgan fingerprint density at radius 3 is 2.26 bits per heavy atom. The van der Waals surface area contributed by atoms with Gasteiger partial charge >= 0.3 is 12.0 Å².